The number of nitrogens with zero attached hydrogens (tertiary/aromatic N) is 2. The van der Waals surface area contributed by atoms with E-state index >= 15 is 0 Å². The lowest BCUT2D eigenvalue weighted by atomic mass is 10.1. The van der Waals surface area contributed by atoms with E-state index in [1.165, 1.54) is 4.70 Å². The van der Waals surface area contributed by atoms with Gasteiger partial charge in [0, 0.05) is 19.2 Å². The zero-order chi connectivity index (χ0) is 18.5. The van der Waals surface area contributed by atoms with Crippen molar-refractivity contribution >= 4 is 27.5 Å². The molecule has 1 heterocycles. The number of thiazole rings is 1. The fraction of sp³-hybridized carbons (Fsp3) is 0.130. The van der Waals surface area contributed by atoms with Gasteiger partial charge in [-0.25, -0.2) is 0 Å². The standard InChI is InChI=1S/C23H21N2OS/c26-23(17-25-18-27-22-14-8-7-13-21(22)25)24(15-19-9-3-1-4-10-19)16-20-11-5-2-6-12-20/h1-14,18H,15-17H2/q+1. The molecule has 0 saturated carbocycles. The van der Waals surface area contributed by atoms with Crippen LogP contribution in [0, 0.1) is 0 Å². The first-order valence-electron chi connectivity index (χ1n) is 9.01. The summed E-state index contributed by atoms with van der Waals surface area (Å²) < 4.78 is 3.24. The second-order valence-electron chi connectivity index (χ2n) is 6.54. The van der Waals surface area contributed by atoms with Gasteiger partial charge in [0.2, 0.25) is 17.6 Å². The summed E-state index contributed by atoms with van der Waals surface area (Å²) in [6, 6.07) is 28.5. The Hall–Kier alpha value is -2.98. The molecule has 0 bridgehead atoms. The molecule has 4 rings (SSSR count). The summed E-state index contributed by atoms with van der Waals surface area (Å²) in [5.41, 5.74) is 5.42. The highest BCUT2D eigenvalue weighted by Gasteiger charge is 2.21. The maximum atomic E-state index is 13.2. The maximum absolute atomic E-state index is 13.2. The number of hydrogen-bond acceptors (Lipinski definition) is 2. The average molecular weight is 374 g/mol. The normalized spacial score (nSPS) is 10.8. The van der Waals surface area contributed by atoms with E-state index in [2.05, 4.69) is 36.4 Å². The SMILES string of the molecule is O=C(C[n+]1csc2ccccc21)N(Cc1ccccc1)Cc1ccccc1. The topological polar surface area (TPSA) is 24.2 Å². The van der Waals surface area contributed by atoms with Crippen molar-refractivity contribution < 1.29 is 9.36 Å². The van der Waals surface area contributed by atoms with Crippen LogP contribution in [0.3, 0.4) is 0 Å². The van der Waals surface area contributed by atoms with E-state index in [0.717, 1.165) is 16.6 Å². The van der Waals surface area contributed by atoms with E-state index in [1.807, 2.05) is 63.5 Å². The molecule has 3 nitrogen and oxygen atoms in total. The van der Waals surface area contributed by atoms with Crippen molar-refractivity contribution in [3.05, 3.63) is 102 Å². The average Bonchev–Trinajstić information content (AvgIpc) is 3.12. The zero-order valence-electron chi connectivity index (χ0n) is 15.0. The van der Waals surface area contributed by atoms with Gasteiger partial charge in [-0.15, -0.1) is 0 Å². The van der Waals surface area contributed by atoms with Crippen molar-refractivity contribution in [1.82, 2.24) is 4.90 Å². The molecule has 0 spiro atoms. The lowest BCUT2D eigenvalue weighted by Gasteiger charge is -2.21. The minimum atomic E-state index is 0.122. The zero-order valence-corrected chi connectivity index (χ0v) is 15.8. The Kier molecular flexibility index (Phi) is 5.26. The minimum absolute atomic E-state index is 0.122. The number of benzene rings is 3. The molecule has 134 valence electrons. The molecule has 0 saturated heterocycles. The van der Waals surface area contributed by atoms with Crippen LogP contribution in [0.5, 0.6) is 0 Å². The van der Waals surface area contributed by atoms with Gasteiger partial charge in [0.25, 0.3) is 5.91 Å². The number of carbonyl (C=O) groups excluding carboxylic acids is 1. The lowest BCUT2D eigenvalue weighted by Crippen LogP contribution is -2.43. The Balaban J connectivity index is 1.57. The summed E-state index contributed by atoms with van der Waals surface area (Å²) in [6.07, 6.45) is 0. The molecule has 0 unspecified atom stereocenters. The molecule has 27 heavy (non-hydrogen) atoms. The molecule has 4 aromatic rings. The van der Waals surface area contributed by atoms with Crippen molar-refractivity contribution in [2.24, 2.45) is 0 Å². The summed E-state index contributed by atoms with van der Waals surface area (Å²) in [5.74, 6) is 0.122. The third-order valence-corrected chi connectivity index (χ3v) is 5.53. The molecule has 0 atom stereocenters. The van der Waals surface area contributed by atoms with Gasteiger partial charge in [-0.2, -0.15) is 4.57 Å². The molecule has 1 aromatic heterocycles. The third kappa shape index (κ3) is 4.23. The van der Waals surface area contributed by atoms with E-state index in [-0.39, 0.29) is 5.91 Å². The summed E-state index contributed by atoms with van der Waals surface area (Å²) in [6.45, 7) is 1.57. The van der Waals surface area contributed by atoms with E-state index in [0.29, 0.717) is 19.6 Å². The Morgan fingerprint density at radius 3 is 1.96 bits per heavy atom. The minimum Gasteiger partial charge on any atom is -0.329 e. The molecule has 3 aromatic carbocycles. The number of aromatic nitrogens is 1. The lowest BCUT2D eigenvalue weighted by molar-refractivity contribution is -0.655. The number of amides is 1. The molecule has 0 aliphatic rings. The molecular formula is C23H21N2OS+. The van der Waals surface area contributed by atoms with E-state index in [9.17, 15) is 4.79 Å². The van der Waals surface area contributed by atoms with Crippen LogP contribution in [-0.4, -0.2) is 10.8 Å². The second kappa shape index (κ2) is 8.14. The largest absolute Gasteiger partial charge is 0.329 e. The van der Waals surface area contributed by atoms with Gasteiger partial charge in [0.15, 0.2) is 0 Å². The summed E-state index contributed by atoms with van der Waals surface area (Å²) in [5, 5.41) is 0. The van der Waals surface area contributed by atoms with Crippen LogP contribution in [0.1, 0.15) is 11.1 Å². The second-order valence-corrected chi connectivity index (χ2v) is 7.43. The van der Waals surface area contributed by atoms with Crippen molar-refractivity contribution in [2.45, 2.75) is 19.6 Å². The molecule has 0 fully saturated rings. The Labute approximate surface area is 163 Å². The van der Waals surface area contributed by atoms with E-state index in [1.54, 1.807) is 11.3 Å². The predicted octanol–water partition coefficient (Wildman–Crippen LogP) is 4.42. The molecule has 0 radical (unpaired) electrons. The molecule has 4 heteroatoms. The Morgan fingerprint density at radius 2 is 1.33 bits per heavy atom. The Morgan fingerprint density at radius 1 is 0.778 bits per heavy atom. The molecule has 0 aliphatic carbocycles. The highest BCUT2D eigenvalue weighted by atomic mass is 32.1. The first-order chi connectivity index (χ1) is 13.3. The van der Waals surface area contributed by atoms with E-state index in [4.69, 9.17) is 0 Å². The summed E-state index contributed by atoms with van der Waals surface area (Å²) in [4.78, 5) is 15.1. The quantitative estimate of drug-likeness (QED) is 0.459. The summed E-state index contributed by atoms with van der Waals surface area (Å²) >= 11 is 1.67. The van der Waals surface area contributed by atoms with Gasteiger partial charge in [-0.05, 0) is 17.2 Å². The summed E-state index contributed by atoms with van der Waals surface area (Å²) in [7, 11) is 0. The van der Waals surface area contributed by atoms with Crippen molar-refractivity contribution in [3.8, 4) is 0 Å². The van der Waals surface area contributed by atoms with Crippen LogP contribution in [-0.2, 0) is 24.4 Å². The number of fused-ring (bicyclic) bond motifs is 1. The van der Waals surface area contributed by atoms with Crippen LogP contribution in [0.15, 0.2) is 90.4 Å². The van der Waals surface area contributed by atoms with Crippen LogP contribution in [0.4, 0.5) is 0 Å². The number of hydrogen-bond donors (Lipinski definition) is 0. The number of para-hydroxylation sites is 1. The van der Waals surface area contributed by atoms with Gasteiger partial charge in [0.1, 0.15) is 4.70 Å². The molecule has 0 aliphatic heterocycles. The first kappa shape index (κ1) is 17.4. The van der Waals surface area contributed by atoms with Gasteiger partial charge in [-0.3, -0.25) is 4.79 Å². The number of carbonyl (C=O) groups is 1. The van der Waals surface area contributed by atoms with Crippen LogP contribution in [0.2, 0.25) is 0 Å². The van der Waals surface area contributed by atoms with Crippen molar-refractivity contribution in [2.75, 3.05) is 0 Å². The van der Waals surface area contributed by atoms with Gasteiger partial charge >= 0.3 is 0 Å². The smallest absolute Gasteiger partial charge is 0.289 e. The van der Waals surface area contributed by atoms with Crippen LogP contribution in [0.25, 0.3) is 10.2 Å². The highest BCUT2D eigenvalue weighted by molar-refractivity contribution is 7.16. The van der Waals surface area contributed by atoms with Crippen molar-refractivity contribution in [3.63, 3.8) is 0 Å². The fourth-order valence-electron chi connectivity index (χ4n) is 3.18. The van der Waals surface area contributed by atoms with Crippen LogP contribution >= 0.6 is 11.3 Å². The monoisotopic (exact) mass is 373 g/mol. The maximum Gasteiger partial charge on any atom is 0.289 e. The molecule has 1 amide bonds. The predicted molar refractivity (Wildman–Crippen MR) is 109 cm³/mol. The van der Waals surface area contributed by atoms with Crippen molar-refractivity contribution in [1.29, 1.82) is 0 Å². The van der Waals surface area contributed by atoms with E-state index < -0.39 is 0 Å². The fourth-order valence-corrected chi connectivity index (χ4v) is 4.07. The van der Waals surface area contributed by atoms with Crippen LogP contribution < -0.4 is 4.57 Å². The Bertz CT molecular complexity index is 986. The van der Waals surface area contributed by atoms with Gasteiger partial charge in [-0.1, -0.05) is 84.1 Å². The highest BCUT2D eigenvalue weighted by Crippen LogP contribution is 2.16. The van der Waals surface area contributed by atoms with Gasteiger partial charge in [0.05, 0.1) is 0 Å². The molecule has 0 N–H and O–H groups in total. The first-order valence-corrected chi connectivity index (χ1v) is 9.89. The third-order valence-electron chi connectivity index (χ3n) is 4.57. The number of rotatable bonds is 6. The molecular weight excluding hydrogens is 352 g/mol. The van der Waals surface area contributed by atoms with Gasteiger partial charge < -0.3 is 4.90 Å².